The van der Waals surface area contributed by atoms with Crippen molar-refractivity contribution in [1.29, 1.82) is 0 Å². The summed E-state index contributed by atoms with van der Waals surface area (Å²) in [7, 11) is 0. The molecular formula is C15H21NO4. The Kier molecular flexibility index (Phi) is 7.32. The Labute approximate surface area is 119 Å². The third-order valence-electron chi connectivity index (χ3n) is 2.82. The molecule has 0 bridgehead atoms. The highest BCUT2D eigenvalue weighted by Gasteiger charge is 2.28. The van der Waals surface area contributed by atoms with E-state index < -0.39 is 17.9 Å². The van der Waals surface area contributed by atoms with Crippen LogP contribution in [0.15, 0.2) is 24.5 Å². The molecule has 1 heterocycles. The maximum atomic E-state index is 11.8. The van der Waals surface area contributed by atoms with Crippen LogP contribution in [0.4, 0.5) is 0 Å². The van der Waals surface area contributed by atoms with E-state index in [1.54, 1.807) is 26.2 Å². The first-order chi connectivity index (χ1) is 9.69. The summed E-state index contributed by atoms with van der Waals surface area (Å²) in [4.78, 5) is 27.6. The molecule has 110 valence electrons. The number of hydrogen-bond donors (Lipinski definition) is 0. The van der Waals surface area contributed by atoms with E-state index in [4.69, 9.17) is 9.47 Å². The van der Waals surface area contributed by atoms with Crippen molar-refractivity contribution in [3.63, 3.8) is 0 Å². The summed E-state index contributed by atoms with van der Waals surface area (Å²) in [5.41, 5.74) is 1.08. The zero-order valence-corrected chi connectivity index (χ0v) is 12.0. The highest BCUT2D eigenvalue weighted by Crippen LogP contribution is 2.14. The minimum Gasteiger partial charge on any atom is -0.465 e. The van der Waals surface area contributed by atoms with Gasteiger partial charge in [-0.05, 0) is 44.7 Å². The Morgan fingerprint density at radius 3 is 2.35 bits per heavy atom. The molecular weight excluding hydrogens is 258 g/mol. The van der Waals surface area contributed by atoms with Crippen LogP contribution in [-0.2, 0) is 25.5 Å². The van der Waals surface area contributed by atoms with Crippen molar-refractivity contribution in [3.05, 3.63) is 30.1 Å². The molecule has 1 rings (SSSR count). The van der Waals surface area contributed by atoms with Crippen LogP contribution < -0.4 is 0 Å². The first-order valence-corrected chi connectivity index (χ1v) is 6.91. The second-order valence-corrected chi connectivity index (χ2v) is 4.31. The van der Waals surface area contributed by atoms with E-state index in [-0.39, 0.29) is 13.2 Å². The third-order valence-corrected chi connectivity index (χ3v) is 2.82. The summed E-state index contributed by atoms with van der Waals surface area (Å²) in [6, 6.07) is 3.83. The quantitative estimate of drug-likeness (QED) is 0.539. The average molecular weight is 279 g/mol. The number of aryl methyl sites for hydroxylation is 1. The van der Waals surface area contributed by atoms with Crippen molar-refractivity contribution in [2.24, 2.45) is 5.92 Å². The smallest absolute Gasteiger partial charge is 0.320 e. The van der Waals surface area contributed by atoms with Gasteiger partial charge in [0.1, 0.15) is 0 Å². The molecule has 0 radical (unpaired) electrons. The summed E-state index contributed by atoms with van der Waals surface area (Å²) in [5.74, 6) is -1.83. The van der Waals surface area contributed by atoms with Crippen molar-refractivity contribution in [2.45, 2.75) is 33.1 Å². The Morgan fingerprint density at radius 2 is 1.85 bits per heavy atom. The highest BCUT2D eigenvalue weighted by atomic mass is 16.6. The summed E-state index contributed by atoms with van der Waals surface area (Å²) in [5, 5.41) is 0. The lowest BCUT2D eigenvalue weighted by Gasteiger charge is -2.14. The maximum Gasteiger partial charge on any atom is 0.320 e. The van der Waals surface area contributed by atoms with E-state index >= 15 is 0 Å². The summed E-state index contributed by atoms with van der Waals surface area (Å²) in [6.45, 7) is 3.96. The lowest BCUT2D eigenvalue weighted by atomic mass is 10.0. The number of carbonyl (C=O) groups is 2. The van der Waals surface area contributed by atoms with Gasteiger partial charge < -0.3 is 9.47 Å². The summed E-state index contributed by atoms with van der Waals surface area (Å²) >= 11 is 0. The molecule has 0 N–H and O–H groups in total. The van der Waals surface area contributed by atoms with Gasteiger partial charge in [0.15, 0.2) is 5.92 Å². The van der Waals surface area contributed by atoms with E-state index in [0.29, 0.717) is 12.8 Å². The first-order valence-electron chi connectivity index (χ1n) is 6.91. The van der Waals surface area contributed by atoms with Crippen molar-refractivity contribution >= 4 is 11.9 Å². The number of esters is 2. The van der Waals surface area contributed by atoms with Crippen molar-refractivity contribution in [1.82, 2.24) is 4.98 Å². The molecule has 0 aliphatic carbocycles. The molecule has 5 heteroatoms. The SMILES string of the molecule is CCOC(=O)C(CCCc1cccnc1)C(=O)OCC. The van der Waals surface area contributed by atoms with Crippen LogP contribution in [0.3, 0.4) is 0 Å². The van der Waals surface area contributed by atoms with Gasteiger partial charge in [0.25, 0.3) is 0 Å². The molecule has 1 aromatic rings. The van der Waals surface area contributed by atoms with Gasteiger partial charge in [-0.1, -0.05) is 6.07 Å². The number of rotatable bonds is 8. The standard InChI is InChI=1S/C15H21NO4/c1-3-19-14(17)13(15(18)20-4-2)9-5-7-12-8-6-10-16-11-12/h6,8,10-11,13H,3-5,7,9H2,1-2H3. The minimum absolute atomic E-state index is 0.261. The molecule has 0 amide bonds. The van der Waals surface area contributed by atoms with Gasteiger partial charge >= 0.3 is 11.9 Å². The van der Waals surface area contributed by atoms with Gasteiger partial charge in [-0.3, -0.25) is 14.6 Å². The van der Waals surface area contributed by atoms with E-state index in [1.807, 2.05) is 12.1 Å². The Hall–Kier alpha value is -1.91. The van der Waals surface area contributed by atoms with Crippen molar-refractivity contribution in [2.75, 3.05) is 13.2 Å². The van der Waals surface area contributed by atoms with Gasteiger partial charge in [-0.2, -0.15) is 0 Å². The van der Waals surface area contributed by atoms with Crippen LogP contribution in [0, 0.1) is 5.92 Å². The molecule has 0 unspecified atom stereocenters. The molecule has 0 aliphatic heterocycles. The van der Waals surface area contributed by atoms with Crippen LogP contribution in [0.1, 0.15) is 32.3 Å². The second-order valence-electron chi connectivity index (χ2n) is 4.31. The summed E-state index contributed by atoms with van der Waals surface area (Å²) in [6.07, 6.45) is 5.39. The fourth-order valence-electron chi connectivity index (χ4n) is 1.87. The highest BCUT2D eigenvalue weighted by molar-refractivity contribution is 5.94. The molecule has 0 fully saturated rings. The number of nitrogens with zero attached hydrogens (tertiary/aromatic N) is 1. The molecule has 0 aromatic carbocycles. The molecule has 1 aromatic heterocycles. The zero-order chi connectivity index (χ0) is 14.8. The van der Waals surface area contributed by atoms with E-state index in [2.05, 4.69) is 4.98 Å². The van der Waals surface area contributed by atoms with Gasteiger partial charge in [0.2, 0.25) is 0 Å². The topological polar surface area (TPSA) is 65.5 Å². The average Bonchev–Trinajstić information content (AvgIpc) is 2.45. The molecule has 0 spiro atoms. The maximum absolute atomic E-state index is 11.8. The van der Waals surface area contributed by atoms with Crippen LogP contribution in [0.2, 0.25) is 0 Å². The predicted molar refractivity (Wildman–Crippen MR) is 73.9 cm³/mol. The van der Waals surface area contributed by atoms with E-state index in [0.717, 1.165) is 12.0 Å². The van der Waals surface area contributed by atoms with Crippen LogP contribution in [0.5, 0.6) is 0 Å². The molecule has 0 saturated heterocycles. The summed E-state index contributed by atoms with van der Waals surface area (Å²) < 4.78 is 9.84. The van der Waals surface area contributed by atoms with Gasteiger partial charge in [-0.25, -0.2) is 0 Å². The zero-order valence-electron chi connectivity index (χ0n) is 12.0. The number of hydrogen-bond acceptors (Lipinski definition) is 5. The van der Waals surface area contributed by atoms with Crippen LogP contribution >= 0.6 is 0 Å². The van der Waals surface area contributed by atoms with Crippen LogP contribution in [-0.4, -0.2) is 30.1 Å². The minimum atomic E-state index is -0.827. The second kappa shape index (κ2) is 9.07. The molecule has 0 aliphatic rings. The predicted octanol–water partition coefficient (Wildman–Crippen LogP) is 2.15. The van der Waals surface area contributed by atoms with Crippen LogP contribution in [0.25, 0.3) is 0 Å². The van der Waals surface area contributed by atoms with Gasteiger partial charge in [0, 0.05) is 12.4 Å². The third kappa shape index (κ3) is 5.38. The Bertz CT molecular complexity index is 401. The number of aromatic nitrogens is 1. The largest absolute Gasteiger partial charge is 0.465 e. The van der Waals surface area contributed by atoms with Gasteiger partial charge in [0.05, 0.1) is 13.2 Å². The molecule has 20 heavy (non-hydrogen) atoms. The number of pyridine rings is 1. The fourth-order valence-corrected chi connectivity index (χ4v) is 1.87. The number of carbonyl (C=O) groups excluding carboxylic acids is 2. The monoisotopic (exact) mass is 279 g/mol. The van der Waals surface area contributed by atoms with E-state index in [1.165, 1.54) is 0 Å². The lowest BCUT2D eigenvalue weighted by molar-refractivity contribution is -0.161. The van der Waals surface area contributed by atoms with Gasteiger partial charge in [-0.15, -0.1) is 0 Å². The molecule has 0 atom stereocenters. The first kappa shape index (κ1) is 16.1. The van der Waals surface area contributed by atoms with Crippen molar-refractivity contribution < 1.29 is 19.1 Å². The van der Waals surface area contributed by atoms with E-state index in [9.17, 15) is 9.59 Å². The Balaban J connectivity index is 2.51. The Morgan fingerprint density at radius 1 is 1.20 bits per heavy atom. The number of ether oxygens (including phenoxy) is 2. The normalized spacial score (nSPS) is 10.3. The lowest BCUT2D eigenvalue weighted by Crippen LogP contribution is -2.28. The fraction of sp³-hybridized carbons (Fsp3) is 0.533. The molecule has 5 nitrogen and oxygen atoms in total. The molecule has 0 saturated carbocycles. The van der Waals surface area contributed by atoms with Crippen molar-refractivity contribution in [3.8, 4) is 0 Å².